The van der Waals surface area contributed by atoms with E-state index in [1.807, 2.05) is 24.3 Å². The van der Waals surface area contributed by atoms with Gasteiger partial charge in [-0.05, 0) is 42.0 Å². The lowest BCUT2D eigenvalue weighted by molar-refractivity contribution is 0.0785. The van der Waals surface area contributed by atoms with Crippen molar-refractivity contribution in [1.82, 2.24) is 4.90 Å². The van der Waals surface area contributed by atoms with Gasteiger partial charge in [-0.15, -0.1) is 0 Å². The minimum atomic E-state index is -0.00410. The molecule has 0 aliphatic rings. The molecule has 0 aromatic heterocycles. The Hall–Kier alpha value is -1.81. The van der Waals surface area contributed by atoms with Gasteiger partial charge in [0.1, 0.15) is 5.75 Å². The highest BCUT2D eigenvalue weighted by Crippen LogP contribution is 2.15. The molecule has 0 saturated carbocycles. The van der Waals surface area contributed by atoms with E-state index in [2.05, 4.69) is 15.9 Å². The maximum atomic E-state index is 12.3. The predicted molar refractivity (Wildman–Crippen MR) is 82.9 cm³/mol. The number of hydrogen-bond donors (Lipinski definition) is 0. The quantitative estimate of drug-likeness (QED) is 0.853. The number of hydrogen-bond acceptors (Lipinski definition) is 2. The standard InChI is InChI=1S/C16H16BrNO2/c1-18(11-12-3-7-14(17)8-4-12)16(19)13-5-9-15(20-2)10-6-13/h3-10H,11H2,1-2H3. The first kappa shape index (κ1) is 14.6. The summed E-state index contributed by atoms with van der Waals surface area (Å²) in [5.41, 5.74) is 1.75. The minimum absolute atomic E-state index is 0.00410. The van der Waals surface area contributed by atoms with Crippen molar-refractivity contribution in [2.45, 2.75) is 6.54 Å². The van der Waals surface area contributed by atoms with Crippen molar-refractivity contribution in [2.75, 3.05) is 14.2 Å². The maximum absolute atomic E-state index is 12.3. The molecule has 0 aliphatic carbocycles. The summed E-state index contributed by atoms with van der Waals surface area (Å²) >= 11 is 3.40. The first-order valence-corrected chi connectivity index (χ1v) is 7.03. The molecule has 3 nitrogen and oxygen atoms in total. The number of carbonyl (C=O) groups is 1. The molecule has 2 aromatic rings. The Bertz CT molecular complexity index is 578. The zero-order valence-corrected chi connectivity index (χ0v) is 13.1. The lowest BCUT2D eigenvalue weighted by Crippen LogP contribution is -2.26. The van der Waals surface area contributed by atoms with Crippen LogP contribution >= 0.6 is 15.9 Å². The third kappa shape index (κ3) is 3.61. The molecule has 0 saturated heterocycles. The number of methoxy groups -OCH3 is 1. The molecule has 0 radical (unpaired) electrons. The smallest absolute Gasteiger partial charge is 0.253 e. The molecule has 0 atom stereocenters. The van der Waals surface area contributed by atoms with Crippen molar-refractivity contribution in [1.29, 1.82) is 0 Å². The third-order valence-electron chi connectivity index (χ3n) is 3.02. The highest BCUT2D eigenvalue weighted by Gasteiger charge is 2.11. The van der Waals surface area contributed by atoms with Gasteiger partial charge in [0.25, 0.3) is 5.91 Å². The van der Waals surface area contributed by atoms with Crippen LogP contribution in [-0.2, 0) is 6.54 Å². The van der Waals surface area contributed by atoms with Crippen molar-refractivity contribution >= 4 is 21.8 Å². The second-order valence-electron chi connectivity index (χ2n) is 4.52. The number of benzene rings is 2. The Labute approximate surface area is 127 Å². The highest BCUT2D eigenvalue weighted by molar-refractivity contribution is 9.10. The Balaban J connectivity index is 2.05. The van der Waals surface area contributed by atoms with Crippen LogP contribution in [0.2, 0.25) is 0 Å². The predicted octanol–water partition coefficient (Wildman–Crippen LogP) is 3.73. The number of rotatable bonds is 4. The summed E-state index contributed by atoms with van der Waals surface area (Å²) in [6.45, 7) is 0.581. The Kier molecular flexibility index (Phi) is 4.79. The second kappa shape index (κ2) is 6.57. The molecule has 0 spiro atoms. The van der Waals surface area contributed by atoms with E-state index in [0.717, 1.165) is 15.8 Å². The summed E-state index contributed by atoms with van der Waals surface area (Å²) in [5, 5.41) is 0. The molecule has 0 bridgehead atoms. The number of ether oxygens (including phenoxy) is 1. The zero-order valence-electron chi connectivity index (χ0n) is 11.5. The van der Waals surface area contributed by atoms with Crippen LogP contribution in [0.3, 0.4) is 0 Å². The minimum Gasteiger partial charge on any atom is -0.497 e. The van der Waals surface area contributed by atoms with Crippen LogP contribution in [0, 0.1) is 0 Å². The van der Waals surface area contributed by atoms with Crippen LogP contribution in [-0.4, -0.2) is 25.0 Å². The lowest BCUT2D eigenvalue weighted by Gasteiger charge is -2.17. The van der Waals surface area contributed by atoms with Crippen molar-refractivity contribution in [3.05, 3.63) is 64.1 Å². The number of amides is 1. The van der Waals surface area contributed by atoms with Gasteiger partial charge in [-0.25, -0.2) is 0 Å². The molecule has 20 heavy (non-hydrogen) atoms. The SMILES string of the molecule is COc1ccc(C(=O)N(C)Cc2ccc(Br)cc2)cc1. The van der Waals surface area contributed by atoms with E-state index in [0.29, 0.717) is 12.1 Å². The van der Waals surface area contributed by atoms with Gasteiger partial charge in [0.2, 0.25) is 0 Å². The highest BCUT2D eigenvalue weighted by atomic mass is 79.9. The molecule has 0 heterocycles. The molecule has 1 amide bonds. The molecule has 4 heteroatoms. The summed E-state index contributed by atoms with van der Waals surface area (Å²) in [6.07, 6.45) is 0. The summed E-state index contributed by atoms with van der Waals surface area (Å²) in [7, 11) is 3.41. The Morgan fingerprint density at radius 3 is 2.25 bits per heavy atom. The van der Waals surface area contributed by atoms with E-state index in [9.17, 15) is 4.79 Å². The normalized spacial score (nSPS) is 10.2. The van der Waals surface area contributed by atoms with Crippen LogP contribution in [0.5, 0.6) is 5.75 Å². The Morgan fingerprint density at radius 2 is 1.70 bits per heavy atom. The summed E-state index contributed by atoms with van der Waals surface area (Å²) in [5.74, 6) is 0.743. The van der Waals surface area contributed by atoms with E-state index in [1.165, 1.54) is 0 Å². The van der Waals surface area contributed by atoms with Crippen molar-refractivity contribution in [3.8, 4) is 5.75 Å². The summed E-state index contributed by atoms with van der Waals surface area (Å²) < 4.78 is 6.12. The fraction of sp³-hybridized carbons (Fsp3) is 0.188. The second-order valence-corrected chi connectivity index (χ2v) is 5.43. The maximum Gasteiger partial charge on any atom is 0.253 e. The molecular weight excluding hydrogens is 318 g/mol. The summed E-state index contributed by atoms with van der Waals surface area (Å²) in [4.78, 5) is 14.0. The van der Waals surface area contributed by atoms with Gasteiger partial charge in [-0.1, -0.05) is 28.1 Å². The van der Waals surface area contributed by atoms with Crippen LogP contribution in [0.25, 0.3) is 0 Å². The van der Waals surface area contributed by atoms with Crippen LogP contribution in [0.15, 0.2) is 53.0 Å². The molecule has 0 unspecified atom stereocenters. The van der Waals surface area contributed by atoms with Crippen LogP contribution < -0.4 is 4.74 Å². The van der Waals surface area contributed by atoms with Gasteiger partial charge >= 0.3 is 0 Å². The van der Waals surface area contributed by atoms with Crippen LogP contribution in [0.1, 0.15) is 15.9 Å². The molecule has 0 fully saturated rings. The first-order chi connectivity index (χ1) is 9.60. The summed E-state index contributed by atoms with van der Waals surface area (Å²) in [6, 6.07) is 15.1. The fourth-order valence-corrected chi connectivity index (χ4v) is 2.15. The van der Waals surface area contributed by atoms with Gasteiger partial charge in [0, 0.05) is 23.6 Å². The van der Waals surface area contributed by atoms with E-state index in [4.69, 9.17) is 4.74 Å². The van der Waals surface area contributed by atoms with Gasteiger partial charge in [-0.2, -0.15) is 0 Å². The van der Waals surface area contributed by atoms with Gasteiger partial charge in [0.15, 0.2) is 0 Å². The average molecular weight is 334 g/mol. The van der Waals surface area contributed by atoms with Gasteiger partial charge in [-0.3, -0.25) is 4.79 Å². The molecule has 2 rings (SSSR count). The lowest BCUT2D eigenvalue weighted by atomic mass is 10.1. The fourth-order valence-electron chi connectivity index (χ4n) is 1.89. The number of halogens is 1. The molecular formula is C16H16BrNO2. The number of carbonyl (C=O) groups excluding carboxylic acids is 1. The molecule has 0 N–H and O–H groups in total. The third-order valence-corrected chi connectivity index (χ3v) is 3.55. The van der Waals surface area contributed by atoms with Crippen LogP contribution in [0.4, 0.5) is 0 Å². The van der Waals surface area contributed by atoms with Gasteiger partial charge in [0.05, 0.1) is 7.11 Å². The zero-order chi connectivity index (χ0) is 14.5. The average Bonchev–Trinajstić information content (AvgIpc) is 2.49. The molecule has 104 valence electrons. The number of nitrogens with zero attached hydrogens (tertiary/aromatic N) is 1. The topological polar surface area (TPSA) is 29.5 Å². The van der Waals surface area contributed by atoms with E-state index >= 15 is 0 Å². The molecule has 2 aromatic carbocycles. The van der Waals surface area contributed by atoms with Crippen molar-refractivity contribution in [2.24, 2.45) is 0 Å². The Morgan fingerprint density at radius 1 is 1.10 bits per heavy atom. The largest absolute Gasteiger partial charge is 0.497 e. The molecule has 0 aliphatic heterocycles. The first-order valence-electron chi connectivity index (χ1n) is 6.24. The van der Waals surface area contributed by atoms with Crippen molar-refractivity contribution in [3.63, 3.8) is 0 Å². The van der Waals surface area contributed by atoms with E-state index in [-0.39, 0.29) is 5.91 Å². The van der Waals surface area contributed by atoms with Crippen molar-refractivity contribution < 1.29 is 9.53 Å². The monoisotopic (exact) mass is 333 g/mol. The van der Waals surface area contributed by atoms with E-state index in [1.54, 1.807) is 43.3 Å². The van der Waals surface area contributed by atoms with E-state index < -0.39 is 0 Å². The van der Waals surface area contributed by atoms with Gasteiger partial charge < -0.3 is 9.64 Å².